The van der Waals surface area contributed by atoms with Crippen LogP contribution < -0.4 is 25.5 Å². The van der Waals surface area contributed by atoms with Gasteiger partial charge in [-0.15, -0.1) is 11.3 Å². The Balaban J connectivity index is 0.992. The molecule has 99 heavy (non-hydrogen) atoms. The average molecular weight is 1300 g/mol. The van der Waals surface area contributed by atoms with Crippen molar-refractivity contribution in [3.05, 3.63) is 288 Å². The van der Waals surface area contributed by atoms with E-state index in [0.717, 1.165) is 78.6 Å². The minimum atomic E-state index is -0.372. The van der Waals surface area contributed by atoms with Gasteiger partial charge in [0.2, 0.25) is 0 Å². The van der Waals surface area contributed by atoms with Crippen molar-refractivity contribution in [1.29, 1.82) is 0 Å². The van der Waals surface area contributed by atoms with Gasteiger partial charge in [-0.3, -0.25) is 0 Å². The molecule has 3 aliphatic rings. The van der Waals surface area contributed by atoms with Crippen molar-refractivity contribution in [1.82, 2.24) is 0 Å². The molecule has 4 nitrogen and oxygen atoms in total. The molecule has 0 amide bonds. The van der Waals surface area contributed by atoms with Crippen LogP contribution in [0, 0.1) is 0 Å². The van der Waals surface area contributed by atoms with Crippen LogP contribution in [-0.4, -0.2) is 6.85 Å². The summed E-state index contributed by atoms with van der Waals surface area (Å²) in [6.07, 6.45) is 0. The second-order valence-electron chi connectivity index (χ2n) is 32.6. The van der Waals surface area contributed by atoms with Gasteiger partial charge in [-0.2, -0.15) is 0 Å². The lowest BCUT2D eigenvalue weighted by Gasteiger charge is -2.46. The number of nitrogens with zero attached hydrogens (tertiary/aromatic N) is 3. The van der Waals surface area contributed by atoms with Crippen LogP contribution in [0.1, 0.15) is 130 Å². The van der Waals surface area contributed by atoms with Crippen molar-refractivity contribution >= 4 is 107 Å². The number of para-hydroxylation sites is 1. The molecular weight excluding hydrogens is 1220 g/mol. The van der Waals surface area contributed by atoms with Crippen LogP contribution in [0.5, 0.6) is 0 Å². The maximum absolute atomic E-state index is 7.53. The van der Waals surface area contributed by atoms with Crippen molar-refractivity contribution in [2.24, 2.45) is 0 Å². The normalized spacial score (nSPS) is 14.0. The van der Waals surface area contributed by atoms with E-state index in [4.69, 9.17) is 4.42 Å². The number of furan rings is 1. The Morgan fingerprint density at radius 2 is 0.909 bits per heavy atom. The highest BCUT2D eigenvalue weighted by molar-refractivity contribution is 7.23. The molecule has 0 unspecified atom stereocenters. The lowest BCUT2D eigenvalue weighted by Crippen LogP contribution is -2.61. The van der Waals surface area contributed by atoms with Crippen LogP contribution in [0.4, 0.5) is 45.5 Å². The van der Waals surface area contributed by atoms with Crippen LogP contribution in [0.25, 0.3) is 87.0 Å². The molecule has 0 radical (unpaired) electrons. The lowest BCUT2D eigenvalue weighted by atomic mass is 9.43. The minimum absolute atomic E-state index is 0.0113. The SMILES string of the molecule is CC(C)(C)c1ccc(N2B3c4cc5sc(-c6ccccc6)c(-c6ccccc6)c5cc4N(c4ccc(C(C)(C)C)cc4-c4ccccc4)c4cc5c(oc6ccccc65)c(c43)-c3cc4c(cc32)C(C)(C)c2ccc(N(c3ccc(C(C)(C)C)cc3)c3ccc(C(C)(C)C)cc3)cc2-4)cc1. The number of hydrogen-bond acceptors (Lipinski definition) is 5. The highest BCUT2D eigenvalue weighted by Gasteiger charge is 2.49. The summed E-state index contributed by atoms with van der Waals surface area (Å²) in [7, 11) is 0. The van der Waals surface area contributed by atoms with Crippen molar-refractivity contribution < 1.29 is 4.42 Å². The number of hydrogen-bond donors (Lipinski definition) is 0. The molecule has 12 aromatic carbocycles. The quantitative estimate of drug-likeness (QED) is 0.141. The molecule has 0 N–H and O–H groups in total. The van der Waals surface area contributed by atoms with Gasteiger partial charge in [0.1, 0.15) is 11.2 Å². The zero-order valence-electron chi connectivity index (χ0n) is 59.5. The Hall–Kier alpha value is -10.1. The molecule has 0 bridgehead atoms. The summed E-state index contributed by atoms with van der Waals surface area (Å²) in [5.74, 6) is 0. The summed E-state index contributed by atoms with van der Waals surface area (Å²) >= 11 is 1.91. The van der Waals surface area contributed by atoms with E-state index < -0.39 is 0 Å². The summed E-state index contributed by atoms with van der Waals surface area (Å²) in [5, 5.41) is 3.42. The van der Waals surface area contributed by atoms with Gasteiger partial charge in [-0.25, -0.2) is 0 Å². The van der Waals surface area contributed by atoms with E-state index in [1.54, 1.807) is 0 Å². The summed E-state index contributed by atoms with van der Waals surface area (Å²) in [6.45, 7) is 32.3. The van der Waals surface area contributed by atoms with Crippen LogP contribution in [0.3, 0.4) is 0 Å². The summed E-state index contributed by atoms with van der Waals surface area (Å²) in [6, 6.07) is 97.4. The van der Waals surface area contributed by atoms with E-state index >= 15 is 0 Å². The molecule has 14 aromatic rings. The second kappa shape index (κ2) is 22.4. The van der Waals surface area contributed by atoms with E-state index in [-0.39, 0.29) is 33.9 Å². The molecule has 0 saturated carbocycles. The van der Waals surface area contributed by atoms with Gasteiger partial charge >= 0.3 is 6.85 Å². The van der Waals surface area contributed by atoms with E-state index in [2.05, 4.69) is 366 Å². The van der Waals surface area contributed by atoms with Crippen LogP contribution in [0.15, 0.2) is 259 Å². The van der Waals surface area contributed by atoms with Crippen molar-refractivity contribution in [2.45, 2.75) is 124 Å². The van der Waals surface area contributed by atoms with Gasteiger partial charge in [-0.1, -0.05) is 255 Å². The average Bonchev–Trinajstić information content (AvgIpc) is 1.67. The highest BCUT2D eigenvalue weighted by atomic mass is 32.1. The van der Waals surface area contributed by atoms with E-state index in [0.29, 0.717) is 0 Å². The maximum Gasteiger partial charge on any atom is 0.333 e. The summed E-state index contributed by atoms with van der Waals surface area (Å²) < 4.78 is 8.77. The van der Waals surface area contributed by atoms with E-state index in [9.17, 15) is 0 Å². The van der Waals surface area contributed by atoms with Gasteiger partial charge in [0.15, 0.2) is 0 Å². The number of fused-ring (bicyclic) bond motifs is 12. The fraction of sp³-hybridized carbons (Fsp3) is 0.204. The molecule has 2 aromatic heterocycles. The fourth-order valence-corrected chi connectivity index (χ4v) is 17.5. The molecule has 1 aliphatic carbocycles. The molecule has 17 rings (SSSR count). The Bertz CT molecular complexity index is 5480. The number of benzene rings is 12. The molecule has 2 aliphatic heterocycles. The standard InChI is InChI=1S/C93H84BN3OS/c1-89(2,3)60-34-41-64(42-35-60)95(65-43-36-61(37-44-65)90(4,5)6)67-47-48-75-70(51-67)71-52-73-79(55-76(71)93(75,13)14)97(66-45-38-62(39-46-66)91(7,8)9)94-77-56-83-74(84(58-28-20-16-21-29-58)88(99-83)59-30-22-17-23-31-59)54-80(77)96(78-49-40-63(92(10,11)12)50-69(78)57-26-18-15-19-27-57)81-53-72-68-32-24-25-33-82(68)98-87(72)85(73)86(81)94/h15-56H,1-14H3. The van der Waals surface area contributed by atoms with E-state index in [1.165, 1.54) is 98.2 Å². The van der Waals surface area contributed by atoms with Crippen LogP contribution >= 0.6 is 11.3 Å². The van der Waals surface area contributed by atoms with Gasteiger partial charge in [-0.05, 0) is 191 Å². The van der Waals surface area contributed by atoms with Crippen molar-refractivity contribution in [3.8, 4) is 54.9 Å². The van der Waals surface area contributed by atoms with Gasteiger partial charge in [0.25, 0.3) is 0 Å². The van der Waals surface area contributed by atoms with Gasteiger partial charge in [0, 0.05) is 93.2 Å². The first-order valence-electron chi connectivity index (χ1n) is 35.3. The molecule has 0 fully saturated rings. The first-order chi connectivity index (χ1) is 47.4. The monoisotopic (exact) mass is 1300 g/mol. The largest absolute Gasteiger partial charge is 0.455 e. The Kier molecular flexibility index (Phi) is 14.1. The van der Waals surface area contributed by atoms with E-state index in [1.807, 2.05) is 11.3 Å². The Morgan fingerprint density at radius 1 is 0.384 bits per heavy atom. The van der Waals surface area contributed by atoms with Crippen LogP contribution in [-0.2, 0) is 27.1 Å². The maximum atomic E-state index is 7.53. The third-order valence-corrected chi connectivity index (χ3v) is 22.9. The second-order valence-corrected chi connectivity index (χ2v) is 33.6. The molecule has 0 spiro atoms. The predicted molar refractivity (Wildman–Crippen MR) is 426 cm³/mol. The first kappa shape index (κ1) is 62.4. The number of anilines is 8. The number of thiophene rings is 1. The third kappa shape index (κ3) is 10.1. The van der Waals surface area contributed by atoms with Crippen LogP contribution in [0.2, 0.25) is 0 Å². The summed E-state index contributed by atoms with van der Waals surface area (Å²) in [4.78, 5) is 9.11. The molecule has 0 saturated heterocycles. The Morgan fingerprint density at radius 3 is 1.52 bits per heavy atom. The van der Waals surface area contributed by atoms with Gasteiger partial charge in [0.05, 0.1) is 5.69 Å². The smallest absolute Gasteiger partial charge is 0.333 e. The fourth-order valence-electron chi connectivity index (χ4n) is 16.2. The topological polar surface area (TPSA) is 22.9 Å². The first-order valence-corrected chi connectivity index (χ1v) is 36.1. The molecule has 0 atom stereocenters. The predicted octanol–water partition coefficient (Wildman–Crippen LogP) is 25.5. The van der Waals surface area contributed by atoms with Crippen molar-refractivity contribution in [3.63, 3.8) is 0 Å². The zero-order chi connectivity index (χ0) is 68.4. The van der Waals surface area contributed by atoms with Crippen molar-refractivity contribution in [2.75, 3.05) is 14.6 Å². The molecule has 486 valence electrons. The third-order valence-electron chi connectivity index (χ3n) is 21.7. The molecule has 4 heterocycles. The Labute approximate surface area is 589 Å². The highest BCUT2D eigenvalue weighted by Crippen LogP contribution is 2.59. The lowest BCUT2D eigenvalue weighted by molar-refractivity contribution is 0.590. The minimum Gasteiger partial charge on any atom is -0.455 e. The number of rotatable bonds is 8. The molecular formula is C93H84BN3OS. The summed E-state index contributed by atoms with van der Waals surface area (Å²) in [5.41, 5.74) is 31.4. The zero-order valence-corrected chi connectivity index (χ0v) is 60.3. The molecule has 6 heteroatoms. The van der Waals surface area contributed by atoms with Gasteiger partial charge < -0.3 is 19.0 Å².